The summed E-state index contributed by atoms with van der Waals surface area (Å²) in [6.07, 6.45) is -0.195. The Balaban J connectivity index is 0. The zero-order valence-corrected chi connectivity index (χ0v) is 9.13. The number of ether oxygens (including phenoxy) is 1. The maximum Gasteiger partial charge on any atom is 0.334 e. The molecule has 0 aromatic rings. The van der Waals surface area contributed by atoms with E-state index in [4.69, 9.17) is 4.74 Å². The van der Waals surface area contributed by atoms with Crippen molar-refractivity contribution in [1.29, 1.82) is 0 Å². The third kappa shape index (κ3) is 7.49. The van der Waals surface area contributed by atoms with Gasteiger partial charge in [-0.3, -0.25) is 4.90 Å². The Morgan fingerprint density at radius 1 is 1.46 bits per heavy atom. The number of nitrogens with two attached hydrogens (primary N) is 1. The van der Waals surface area contributed by atoms with Gasteiger partial charge < -0.3 is 10.5 Å². The van der Waals surface area contributed by atoms with Crippen LogP contribution in [0.25, 0.3) is 0 Å². The maximum absolute atomic E-state index is 10.9. The van der Waals surface area contributed by atoms with E-state index in [1.807, 2.05) is 14.1 Å². The van der Waals surface area contributed by atoms with Crippen LogP contribution in [0.2, 0.25) is 0 Å². The van der Waals surface area contributed by atoms with Gasteiger partial charge in [0, 0.05) is 5.57 Å². The lowest BCUT2D eigenvalue weighted by molar-refractivity contribution is -0.150. The Labute approximate surface area is 80.3 Å². The van der Waals surface area contributed by atoms with Crippen molar-refractivity contribution >= 4 is 5.97 Å². The number of carbonyl (C=O) groups excluding carboxylic acids is 1. The van der Waals surface area contributed by atoms with Gasteiger partial charge in [-0.05, 0) is 35.0 Å². The molecule has 1 atom stereocenters. The average Bonchev–Trinajstić information content (AvgIpc) is 2.07. The fourth-order valence-corrected chi connectivity index (χ4v) is 0.361. The quantitative estimate of drug-likeness (QED) is 0.400. The summed E-state index contributed by atoms with van der Waals surface area (Å²) >= 11 is 0. The van der Waals surface area contributed by atoms with Crippen LogP contribution in [0.15, 0.2) is 12.2 Å². The minimum Gasteiger partial charge on any atom is -0.443 e. The van der Waals surface area contributed by atoms with Crippen LogP contribution >= 0.6 is 0 Å². The molecule has 1 unspecified atom stereocenters. The van der Waals surface area contributed by atoms with E-state index < -0.39 is 0 Å². The Kier molecular flexibility index (Phi) is 8.74. The SMILES string of the molecule is C=C(C)C(=O)OC(C)N(C)C.CN. The van der Waals surface area contributed by atoms with Gasteiger partial charge in [0.15, 0.2) is 6.23 Å². The normalized spacial score (nSPS) is 11.3. The molecular weight excluding hydrogens is 168 g/mol. The van der Waals surface area contributed by atoms with Crippen molar-refractivity contribution in [2.24, 2.45) is 5.73 Å². The largest absolute Gasteiger partial charge is 0.443 e. The zero-order chi connectivity index (χ0) is 11.0. The molecule has 2 N–H and O–H groups in total. The first-order chi connectivity index (χ1) is 5.95. The van der Waals surface area contributed by atoms with Crippen LogP contribution < -0.4 is 5.73 Å². The Morgan fingerprint density at radius 2 is 1.85 bits per heavy atom. The number of hydrogen-bond acceptors (Lipinski definition) is 4. The van der Waals surface area contributed by atoms with Crippen LogP contribution in [0.5, 0.6) is 0 Å². The molecule has 13 heavy (non-hydrogen) atoms. The van der Waals surface area contributed by atoms with E-state index in [9.17, 15) is 4.79 Å². The highest BCUT2D eigenvalue weighted by Crippen LogP contribution is 1.99. The minimum atomic E-state index is -0.341. The fraction of sp³-hybridized carbons (Fsp3) is 0.667. The molecule has 0 radical (unpaired) electrons. The molecular formula is C9H20N2O2. The maximum atomic E-state index is 10.9. The van der Waals surface area contributed by atoms with Crippen LogP contribution in [-0.2, 0) is 9.53 Å². The van der Waals surface area contributed by atoms with E-state index in [0.29, 0.717) is 5.57 Å². The molecule has 78 valence electrons. The van der Waals surface area contributed by atoms with E-state index in [1.165, 1.54) is 7.05 Å². The summed E-state index contributed by atoms with van der Waals surface area (Å²) in [5.41, 5.74) is 4.93. The summed E-state index contributed by atoms with van der Waals surface area (Å²) in [7, 11) is 5.19. The van der Waals surface area contributed by atoms with E-state index in [0.717, 1.165) is 0 Å². The van der Waals surface area contributed by atoms with Crippen molar-refractivity contribution in [2.45, 2.75) is 20.1 Å². The molecule has 0 aliphatic rings. The van der Waals surface area contributed by atoms with Gasteiger partial charge in [0.05, 0.1) is 0 Å². The van der Waals surface area contributed by atoms with E-state index in [-0.39, 0.29) is 12.2 Å². The third-order valence-electron chi connectivity index (χ3n) is 1.35. The lowest BCUT2D eigenvalue weighted by atomic mass is 10.4. The van der Waals surface area contributed by atoms with Crippen LogP contribution in [0.4, 0.5) is 0 Å². The number of nitrogens with zero attached hydrogens (tertiary/aromatic N) is 1. The van der Waals surface area contributed by atoms with E-state index in [2.05, 4.69) is 12.3 Å². The Morgan fingerprint density at radius 3 is 2.08 bits per heavy atom. The molecule has 0 aliphatic carbocycles. The molecule has 0 heterocycles. The molecule has 0 rings (SSSR count). The van der Waals surface area contributed by atoms with Gasteiger partial charge in [-0.2, -0.15) is 0 Å². The highest BCUT2D eigenvalue weighted by molar-refractivity contribution is 5.87. The first-order valence-corrected chi connectivity index (χ1v) is 4.05. The molecule has 4 nitrogen and oxygen atoms in total. The Bertz CT molecular complexity index is 167. The lowest BCUT2D eigenvalue weighted by Crippen LogP contribution is -2.30. The van der Waals surface area contributed by atoms with Crippen molar-refractivity contribution in [3.63, 3.8) is 0 Å². The van der Waals surface area contributed by atoms with Crippen molar-refractivity contribution in [1.82, 2.24) is 4.90 Å². The summed E-state index contributed by atoms with van der Waals surface area (Å²) in [6, 6.07) is 0. The monoisotopic (exact) mass is 188 g/mol. The highest BCUT2D eigenvalue weighted by Gasteiger charge is 2.10. The first kappa shape index (κ1) is 14.6. The number of hydrogen-bond donors (Lipinski definition) is 1. The summed E-state index contributed by atoms with van der Waals surface area (Å²) in [4.78, 5) is 12.7. The van der Waals surface area contributed by atoms with Crippen molar-refractivity contribution in [2.75, 3.05) is 21.1 Å². The van der Waals surface area contributed by atoms with Crippen LogP contribution in [0.3, 0.4) is 0 Å². The fourth-order valence-electron chi connectivity index (χ4n) is 0.361. The van der Waals surface area contributed by atoms with Crippen molar-refractivity contribution in [3.8, 4) is 0 Å². The minimum absolute atomic E-state index is 0.195. The topological polar surface area (TPSA) is 55.6 Å². The Hall–Kier alpha value is -0.870. The smallest absolute Gasteiger partial charge is 0.334 e. The van der Waals surface area contributed by atoms with Gasteiger partial charge in [-0.25, -0.2) is 4.79 Å². The molecule has 0 bridgehead atoms. The molecule has 0 saturated heterocycles. The standard InChI is InChI=1S/C8H15NO2.CH5N/c1-6(2)8(10)11-7(3)9(4)5;1-2/h7H,1H2,2-5H3;2H2,1H3. The second kappa shape index (κ2) is 7.76. The summed E-state index contributed by atoms with van der Waals surface area (Å²) in [6.45, 7) is 6.91. The van der Waals surface area contributed by atoms with Crippen molar-refractivity contribution in [3.05, 3.63) is 12.2 Å². The molecule has 4 heteroatoms. The average molecular weight is 188 g/mol. The van der Waals surface area contributed by atoms with Gasteiger partial charge in [0.25, 0.3) is 0 Å². The molecule has 0 aromatic carbocycles. The van der Waals surface area contributed by atoms with E-state index >= 15 is 0 Å². The van der Waals surface area contributed by atoms with Crippen LogP contribution in [-0.4, -0.2) is 38.2 Å². The molecule has 0 fully saturated rings. The second-order valence-corrected chi connectivity index (χ2v) is 2.75. The third-order valence-corrected chi connectivity index (χ3v) is 1.35. The van der Waals surface area contributed by atoms with Gasteiger partial charge in [-0.1, -0.05) is 6.58 Å². The summed E-state index contributed by atoms with van der Waals surface area (Å²) < 4.78 is 4.96. The van der Waals surface area contributed by atoms with Crippen LogP contribution in [0.1, 0.15) is 13.8 Å². The van der Waals surface area contributed by atoms with Crippen LogP contribution in [0, 0.1) is 0 Å². The zero-order valence-electron chi connectivity index (χ0n) is 9.13. The first-order valence-electron chi connectivity index (χ1n) is 4.05. The predicted molar refractivity (Wildman–Crippen MR) is 54.2 cm³/mol. The van der Waals surface area contributed by atoms with Gasteiger partial charge in [-0.15, -0.1) is 0 Å². The van der Waals surface area contributed by atoms with E-state index in [1.54, 1.807) is 18.7 Å². The second-order valence-electron chi connectivity index (χ2n) is 2.75. The lowest BCUT2D eigenvalue weighted by Gasteiger charge is -2.19. The van der Waals surface area contributed by atoms with Gasteiger partial charge >= 0.3 is 5.97 Å². The van der Waals surface area contributed by atoms with Crippen molar-refractivity contribution < 1.29 is 9.53 Å². The predicted octanol–water partition coefficient (Wildman–Crippen LogP) is 0.588. The van der Waals surface area contributed by atoms with Gasteiger partial charge in [0.1, 0.15) is 0 Å². The number of carbonyl (C=O) groups is 1. The molecule has 0 saturated carbocycles. The van der Waals surface area contributed by atoms with Gasteiger partial charge in [0.2, 0.25) is 0 Å². The highest BCUT2D eigenvalue weighted by atomic mass is 16.6. The summed E-state index contributed by atoms with van der Waals surface area (Å²) in [5, 5.41) is 0. The molecule has 0 spiro atoms. The number of esters is 1. The number of rotatable bonds is 3. The summed E-state index contributed by atoms with van der Waals surface area (Å²) in [5.74, 6) is -0.341. The molecule has 0 aliphatic heterocycles. The molecule has 0 aromatic heterocycles. The molecule has 0 amide bonds.